The molecule has 2 aromatic rings. The summed E-state index contributed by atoms with van der Waals surface area (Å²) in [6, 6.07) is 14.3. The van der Waals surface area contributed by atoms with Crippen LogP contribution in [0.2, 0.25) is 0 Å². The number of rotatable bonds is 11. The van der Waals surface area contributed by atoms with Crippen LogP contribution in [0.25, 0.3) is 11.1 Å². The van der Waals surface area contributed by atoms with Gasteiger partial charge in [0.15, 0.2) is 0 Å². The first-order valence-electron chi connectivity index (χ1n) is 11.1. The molecule has 176 valence electrons. The third kappa shape index (κ3) is 6.07. The van der Waals surface area contributed by atoms with Crippen LogP contribution in [0.5, 0.6) is 0 Å². The van der Waals surface area contributed by atoms with Crippen molar-refractivity contribution >= 4 is 29.7 Å². The van der Waals surface area contributed by atoms with Gasteiger partial charge in [-0.1, -0.05) is 61.9 Å². The Bertz CT molecular complexity index is 951. The van der Waals surface area contributed by atoms with E-state index in [1.54, 1.807) is 0 Å². The van der Waals surface area contributed by atoms with Gasteiger partial charge in [-0.15, -0.1) is 0 Å². The lowest BCUT2D eigenvalue weighted by Crippen LogP contribution is -2.52. The predicted molar refractivity (Wildman–Crippen MR) is 129 cm³/mol. The van der Waals surface area contributed by atoms with Gasteiger partial charge in [-0.3, -0.25) is 4.79 Å². The number of carboxylic acid groups (broad SMARTS) is 1. The second-order valence-corrected chi connectivity index (χ2v) is 8.98. The molecule has 0 saturated heterocycles. The molecule has 0 radical (unpaired) electrons. The topological polar surface area (TPSA) is 105 Å². The number of amides is 2. The maximum atomic E-state index is 12.7. The lowest BCUT2D eigenvalue weighted by Gasteiger charge is -2.21. The van der Waals surface area contributed by atoms with Crippen molar-refractivity contribution in [2.45, 2.75) is 44.2 Å². The molecule has 2 atom stereocenters. The van der Waals surface area contributed by atoms with Gasteiger partial charge in [-0.25, -0.2) is 9.59 Å². The summed E-state index contributed by atoms with van der Waals surface area (Å²) in [7, 11) is 0. The molecule has 2 aromatic carbocycles. The maximum Gasteiger partial charge on any atom is 0.407 e. The zero-order valence-corrected chi connectivity index (χ0v) is 19.7. The van der Waals surface area contributed by atoms with Gasteiger partial charge in [0.1, 0.15) is 18.7 Å². The Hall–Kier alpha value is -3.00. The van der Waals surface area contributed by atoms with Gasteiger partial charge in [0, 0.05) is 5.92 Å². The molecule has 0 aromatic heterocycles. The number of hydrogen-bond acceptors (Lipinski definition) is 5. The van der Waals surface area contributed by atoms with E-state index in [4.69, 9.17) is 4.74 Å². The average Bonchev–Trinajstić information content (AvgIpc) is 3.13. The summed E-state index contributed by atoms with van der Waals surface area (Å²) < 4.78 is 5.55. The molecule has 0 saturated carbocycles. The largest absolute Gasteiger partial charge is 0.480 e. The number of fused-ring (bicyclic) bond motifs is 3. The summed E-state index contributed by atoms with van der Waals surface area (Å²) in [6.07, 6.45) is 2.52. The molecule has 0 unspecified atom stereocenters. The Kier molecular flexibility index (Phi) is 8.77. The van der Waals surface area contributed by atoms with Crippen molar-refractivity contribution in [3.63, 3.8) is 0 Å². The third-order valence-electron chi connectivity index (χ3n) is 5.75. The summed E-state index contributed by atoms with van der Waals surface area (Å²) in [5.74, 6) is -1.05. The van der Waals surface area contributed by atoms with Crippen molar-refractivity contribution < 1.29 is 24.2 Å². The first-order valence-corrected chi connectivity index (χ1v) is 12.5. The summed E-state index contributed by atoms with van der Waals surface area (Å²) >= 11 is 1.54. The number of carbonyl (C=O) groups excluding carboxylic acids is 2. The number of carboxylic acids is 1. The summed E-state index contributed by atoms with van der Waals surface area (Å²) in [6.45, 7) is 1.99. The molecular formula is C25H30N2O5S. The van der Waals surface area contributed by atoms with Gasteiger partial charge in [-0.05, 0) is 47.1 Å². The fraction of sp³-hybridized carbons (Fsp3) is 0.400. The van der Waals surface area contributed by atoms with Crippen molar-refractivity contribution in [2.75, 3.05) is 18.6 Å². The lowest BCUT2D eigenvalue weighted by molar-refractivity contribution is -0.142. The van der Waals surface area contributed by atoms with Crippen molar-refractivity contribution in [2.24, 2.45) is 0 Å². The third-order valence-corrected chi connectivity index (χ3v) is 6.40. The fourth-order valence-electron chi connectivity index (χ4n) is 4.11. The molecular weight excluding hydrogens is 440 g/mol. The van der Waals surface area contributed by atoms with Crippen LogP contribution in [0.3, 0.4) is 0 Å². The first-order chi connectivity index (χ1) is 16.0. The quantitative estimate of drug-likeness (QED) is 0.458. The van der Waals surface area contributed by atoms with Gasteiger partial charge in [-0.2, -0.15) is 11.8 Å². The van der Waals surface area contributed by atoms with Crippen LogP contribution in [0.1, 0.15) is 43.2 Å². The van der Waals surface area contributed by atoms with Crippen LogP contribution in [0, 0.1) is 0 Å². The summed E-state index contributed by atoms with van der Waals surface area (Å²) in [5.41, 5.74) is 4.48. The minimum Gasteiger partial charge on any atom is -0.480 e. The SMILES string of the molecule is CCC[C@@H](NC(=O)[C@@H](CCSC)NC(=O)OCC1c2ccccc2-c2ccccc21)C(=O)O. The highest BCUT2D eigenvalue weighted by molar-refractivity contribution is 7.98. The Balaban J connectivity index is 1.65. The maximum absolute atomic E-state index is 12.7. The molecule has 1 aliphatic carbocycles. The van der Waals surface area contributed by atoms with Crippen LogP contribution < -0.4 is 10.6 Å². The van der Waals surface area contributed by atoms with E-state index in [0.717, 1.165) is 22.3 Å². The standard InChI is InChI=1S/C25H30N2O5S/c1-3-8-22(24(29)30)26-23(28)21(13-14-33-2)27-25(31)32-15-20-18-11-6-4-9-16(18)17-10-5-7-12-19(17)20/h4-7,9-12,20-22H,3,8,13-15H2,1-2H3,(H,26,28)(H,27,31)(H,29,30)/t21-,22-/m1/s1. The van der Waals surface area contributed by atoms with Crippen molar-refractivity contribution in [1.29, 1.82) is 0 Å². The van der Waals surface area contributed by atoms with Gasteiger partial charge in [0.2, 0.25) is 5.91 Å². The minimum absolute atomic E-state index is 0.0810. The molecule has 2 amide bonds. The highest BCUT2D eigenvalue weighted by Gasteiger charge is 2.30. The van der Waals surface area contributed by atoms with Crippen LogP contribution >= 0.6 is 11.8 Å². The number of thioether (sulfide) groups is 1. The first kappa shape index (κ1) is 24.6. The van der Waals surface area contributed by atoms with Crippen LogP contribution in [-0.2, 0) is 14.3 Å². The van der Waals surface area contributed by atoms with E-state index in [-0.39, 0.29) is 12.5 Å². The Labute approximate surface area is 198 Å². The number of hydrogen-bond donors (Lipinski definition) is 3. The van der Waals surface area contributed by atoms with Crippen molar-refractivity contribution in [3.8, 4) is 11.1 Å². The van der Waals surface area contributed by atoms with Crippen LogP contribution in [-0.4, -0.2) is 53.8 Å². The molecule has 0 aliphatic heterocycles. The molecule has 33 heavy (non-hydrogen) atoms. The molecule has 3 rings (SSSR count). The van der Waals surface area contributed by atoms with Crippen LogP contribution in [0.15, 0.2) is 48.5 Å². The zero-order chi connectivity index (χ0) is 23.8. The molecule has 0 spiro atoms. The number of aliphatic carboxylic acids is 1. The molecule has 0 fully saturated rings. The van der Waals surface area contributed by atoms with E-state index in [0.29, 0.717) is 25.0 Å². The van der Waals surface area contributed by atoms with E-state index in [9.17, 15) is 19.5 Å². The molecule has 8 heteroatoms. The molecule has 0 heterocycles. The second-order valence-electron chi connectivity index (χ2n) is 7.99. The smallest absolute Gasteiger partial charge is 0.407 e. The number of benzene rings is 2. The molecule has 0 bridgehead atoms. The van der Waals surface area contributed by atoms with Gasteiger partial charge < -0.3 is 20.5 Å². The van der Waals surface area contributed by atoms with Crippen LogP contribution in [0.4, 0.5) is 4.79 Å². The van der Waals surface area contributed by atoms with E-state index >= 15 is 0 Å². The van der Waals surface area contributed by atoms with Crippen molar-refractivity contribution in [1.82, 2.24) is 10.6 Å². The Morgan fingerprint density at radius 3 is 2.12 bits per heavy atom. The normalized spacial score (nSPS) is 14.0. The molecule has 1 aliphatic rings. The highest BCUT2D eigenvalue weighted by Crippen LogP contribution is 2.44. The average molecular weight is 471 g/mol. The zero-order valence-electron chi connectivity index (χ0n) is 18.9. The predicted octanol–water partition coefficient (Wildman–Crippen LogP) is 4.02. The fourth-order valence-corrected chi connectivity index (χ4v) is 4.58. The number of alkyl carbamates (subject to hydrolysis) is 1. The van der Waals surface area contributed by atoms with E-state index in [1.165, 1.54) is 11.8 Å². The highest BCUT2D eigenvalue weighted by atomic mass is 32.2. The van der Waals surface area contributed by atoms with Gasteiger partial charge >= 0.3 is 12.1 Å². The number of nitrogens with one attached hydrogen (secondary N) is 2. The minimum atomic E-state index is -1.09. The Morgan fingerprint density at radius 1 is 0.970 bits per heavy atom. The number of carbonyl (C=O) groups is 3. The molecule has 7 nitrogen and oxygen atoms in total. The van der Waals surface area contributed by atoms with Crippen molar-refractivity contribution in [3.05, 3.63) is 59.7 Å². The van der Waals surface area contributed by atoms with Gasteiger partial charge in [0.05, 0.1) is 0 Å². The monoisotopic (exact) mass is 470 g/mol. The van der Waals surface area contributed by atoms with E-state index in [2.05, 4.69) is 22.8 Å². The summed E-state index contributed by atoms with van der Waals surface area (Å²) in [5, 5.41) is 14.5. The van der Waals surface area contributed by atoms with E-state index < -0.39 is 30.1 Å². The number of ether oxygens (including phenoxy) is 1. The molecule has 3 N–H and O–H groups in total. The summed E-state index contributed by atoms with van der Waals surface area (Å²) in [4.78, 5) is 36.7. The van der Waals surface area contributed by atoms with Gasteiger partial charge in [0.25, 0.3) is 0 Å². The van der Waals surface area contributed by atoms with E-state index in [1.807, 2.05) is 49.6 Å². The Morgan fingerprint density at radius 2 is 1.58 bits per heavy atom. The lowest BCUT2D eigenvalue weighted by atomic mass is 9.98. The second kappa shape index (κ2) is 11.7.